The van der Waals surface area contributed by atoms with E-state index >= 15 is 0 Å². The lowest BCUT2D eigenvalue weighted by Crippen LogP contribution is -2.68. The fraction of sp³-hybridized carbons (Fsp3) is 0.935. The van der Waals surface area contributed by atoms with Gasteiger partial charge >= 0.3 is 5.97 Å². The summed E-state index contributed by atoms with van der Waals surface area (Å²) in [5.41, 5.74) is -1.94. The van der Waals surface area contributed by atoms with Crippen molar-refractivity contribution in [3.8, 4) is 0 Å². The highest BCUT2D eigenvalue weighted by Gasteiger charge is 2.75. The number of aliphatic hydroxyl groups is 2. The third kappa shape index (κ3) is 4.06. The number of hydrogen-bond acceptors (Lipinski definition) is 6. The Labute approximate surface area is 223 Å². The highest BCUT2D eigenvalue weighted by molar-refractivity contribution is 5.94. The summed E-state index contributed by atoms with van der Waals surface area (Å²) in [6, 6.07) is 0. The van der Waals surface area contributed by atoms with Gasteiger partial charge in [0.15, 0.2) is 5.78 Å². The first-order valence-corrected chi connectivity index (χ1v) is 15.2. The lowest BCUT2D eigenvalue weighted by Gasteiger charge is -2.57. The van der Waals surface area contributed by atoms with Gasteiger partial charge in [-0.15, -0.1) is 0 Å². The van der Waals surface area contributed by atoms with Crippen molar-refractivity contribution in [2.24, 2.45) is 46.3 Å². The van der Waals surface area contributed by atoms with Crippen LogP contribution in [0.2, 0.25) is 0 Å². The normalized spacial score (nSPS) is 47.4. The average molecular weight is 519 g/mol. The number of carbonyl (C=O) groups excluding carboxylic acids is 2. The van der Waals surface area contributed by atoms with Crippen molar-refractivity contribution in [1.29, 1.82) is 0 Å². The third-order valence-electron chi connectivity index (χ3n) is 12.1. The molecule has 0 aromatic rings. The van der Waals surface area contributed by atoms with Crippen LogP contribution in [0.25, 0.3) is 0 Å². The molecule has 1 unspecified atom stereocenters. The number of fused-ring (bicyclic) bond motifs is 9. The van der Waals surface area contributed by atoms with Gasteiger partial charge in [-0.05, 0) is 80.0 Å². The molecule has 2 bridgehead atoms. The number of Topliss-reactive ketones (excluding diaryl/α,β-unsaturated/α-hetero) is 1. The summed E-state index contributed by atoms with van der Waals surface area (Å²) >= 11 is 0. The largest absolute Gasteiger partial charge is 0.461 e. The van der Waals surface area contributed by atoms with Crippen LogP contribution in [0.15, 0.2) is 0 Å². The van der Waals surface area contributed by atoms with Crippen molar-refractivity contribution in [1.82, 2.24) is 0 Å². The number of esters is 1. The van der Waals surface area contributed by atoms with E-state index in [1.165, 1.54) is 32.1 Å². The molecule has 2 aliphatic heterocycles. The number of hydrogen-bond donors (Lipinski definition) is 2. The summed E-state index contributed by atoms with van der Waals surface area (Å²) < 4.78 is 12.1. The van der Waals surface area contributed by atoms with Gasteiger partial charge in [0.2, 0.25) is 0 Å². The molecule has 6 heteroatoms. The minimum atomic E-state index is -1.54. The molecular formula is C31H50O6. The zero-order chi connectivity index (χ0) is 26.8. The lowest BCUT2D eigenvalue weighted by molar-refractivity contribution is -0.237. The molecule has 0 aromatic heterocycles. The van der Waals surface area contributed by atoms with Crippen LogP contribution in [-0.4, -0.2) is 52.5 Å². The predicted octanol–water partition coefficient (Wildman–Crippen LogP) is 5.07. The zero-order valence-electron chi connectivity index (χ0n) is 23.7. The molecule has 0 amide bonds. The van der Waals surface area contributed by atoms with Gasteiger partial charge in [0.25, 0.3) is 0 Å². The van der Waals surface area contributed by atoms with Crippen molar-refractivity contribution in [2.45, 2.75) is 129 Å². The van der Waals surface area contributed by atoms with Crippen molar-refractivity contribution in [3.63, 3.8) is 0 Å². The molecular weight excluding hydrogens is 468 g/mol. The first-order chi connectivity index (χ1) is 17.5. The molecule has 37 heavy (non-hydrogen) atoms. The molecule has 0 spiro atoms. The number of rotatable bonds is 8. The second-order valence-electron chi connectivity index (χ2n) is 14.1. The zero-order valence-corrected chi connectivity index (χ0v) is 23.7. The smallest absolute Gasteiger partial charge is 0.332 e. The van der Waals surface area contributed by atoms with Crippen LogP contribution in [-0.2, 0) is 19.1 Å². The maximum atomic E-state index is 14.2. The minimum Gasteiger partial charge on any atom is -0.461 e. The van der Waals surface area contributed by atoms with Crippen molar-refractivity contribution in [3.05, 3.63) is 0 Å². The molecule has 2 N–H and O–H groups in total. The summed E-state index contributed by atoms with van der Waals surface area (Å²) in [5, 5.41) is 21.4. The van der Waals surface area contributed by atoms with Gasteiger partial charge in [-0.3, -0.25) is 4.79 Å². The molecule has 0 aromatic carbocycles. The van der Waals surface area contributed by atoms with E-state index in [0.29, 0.717) is 42.9 Å². The Morgan fingerprint density at radius 3 is 2.57 bits per heavy atom. The van der Waals surface area contributed by atoms with Crippen molar-refractivity contribution >= 4 is 11.8 Å². The van der Waals surface area contributed by atoms with E-state index in [4.69, 9.17) is 14.6 Å². The van der Waals surface area contributed by atoms with Gasteiger partial charge in [0.05, 0.1) is 6.10 Å². The second kappa shape index (κ2) is 9.89. The number of ketones is 1. The van der Waals surface area contributed by atoms with Gasteiger partial charge in [0, 0.05) is 17.8 Å². The Morgan fingerprint density at radius 1 is 1.14 bits per heavy atom. The lowest BCUT2D eigenvalue weighted by atomic mass is 9.53. The average Bonchev–Trinajstić information content (AvgIpc) is 3.39. The van der Waals surface area contributed by atoms with Crippen molar-refractivity contribution in [2.75, 3.05) is 6.61 Å². The van der Waals surface area contributed by atoms with E-state index in [2.05, 4.69) is 34.6 Å². The first kappa shape index (κ1) is 27.6. The van der Waals surface area contributed by atoms with Crippen LogP contribution < -0.4 is 0 Å². The van der Waals surface area contributed by atoms with Gasteiger partial charge in [-0.25, -0.2) is 4.79 Å². The molecule has 6 nitrogen and oxygen atoms in total. The standard InChI is InChI=1S/C31H50O6/c1-6-30-15-12-20(36-24(33)17-32)16-31(30,35)27(34)26-25-21(28(30)37-26)13-14-29(5)22(10-11-23(25)29)19(4)9-7-8-18(2)3/h18-23,25-26,28,32,35H,6-17H2,1-5H3/t19-,20+,21+,22-,23+,25-,26-,28?,29-,30-,31+/m1/s1. The van der Waals surface area contributed by atoms with Crippen LogP contribution in [0.4, 0.5) is 0 Å². The fourth-order valence-electron chi connectivity index (χ4n) is 10.4. The van der Waals surface area contributed by atoms with E-state index in [9.17, 15) is 14.7 Å². The van der Waals surface area contributed by atoms with Crippen LogP contribution in [0.1, 0.15) is 105 Å². The number of ether oxygens (including phenoxy) is 2. The SMILES string of the molecule is CC[C@]12CC[C@H](OC(=O)CO)C[C@]1(O)C(=O)[C@@H]1OC2[C@H]2CC[C@]3(C)[C@@H]([C@H](C)CCCC(C)C)CC[C@H]3[C@@H]21. The molecule has 3 saturated carbocycles. The van der Waals surface area contributed by atoms with E-state index in [1.807, 2.05) is 0 Å². The molecule has 5 fully saturated rings. The quantitative estimate of drug-likeness (QED) is 0.436. The molecule has 210 valence electrons. The Kier molecular flexibility index (Phi) is 7.37. The summed E-state index contributed by atoms with van der Waals surface area (Å²) in [4.78, 5) is 26.0. The Morgan fingerprint density at radius 2 is 1.89 bits per heavy atom. The van der Waals surface area contributed by atoms with Gasteiger partial charge in [0.1, 0.15) is 24.4 Å². The van der Waals surface area contributed by atoms with E-state index < -0.39 is 35.8 Å². The van der Waals surface area contributed by atoms with Crippen LogP contribution in [0, 0.1) is 46.3 Å². The third-order valence-corrected chi connectivity index (χ3v) is 12.1. The molecule has 11 atom stereocenters. The highest BCUT2D eigenvalue weighted by atomic mass is 16.6. The number of carbonyl (C=O) groups is 2. The van der Waals surface area contributed by atoms with Gasteiger partial charge < -0.3 is 19.7 Å². The summed E-state index contributed by atoms with van der Waals surface area (Å²) in [5.74, 6) is 2.23. The summed E-state index contributed by atoms with van der Waals surface area (Å²) in [6.45, 7) is 11.0. The number of aliphatic hydroxyl groups excluding tert-OH is 1. The van der Waals surface area contributed by atoms with Gasteiger partial charge in [-0.1, -0.05) is 53.9 Å². The maximum Gasteiger partial charge on any atom is 0.332 e. The molecule has 2 heterocycles. The molecule has 5 rings (SSSR count). The molecule has 5 aliphatic rings. The van der Waals surface area contributed by atoms with Crippen LogP contribution in [0.5, 0.6) is 0 Å². The van der Waals surface area contributed by atoms with E-state index in [0.717, 1.165) is 18.8 Å². The predicted molar refractivity (Wildman–Crippen MR) is 141 cm³/mol. The molecule has 3 aliphatic carbocycles. The Balaban J connectivity index is 1.40. The Bertz CT molecular complexity index is 887. The van der Waals surface area contributed by atoms with Crippen LogP contribution in [0.3, 0.4) is 0 Å². The maximum absolute atomic E-state index is 14.2. The second-order valence-corrected chi connectivity index (χ2v) is 14.1. The fourth-order valence-corrected chi connectivity index (χ4v) is 10.4. The first-order valence-electron chi connectivity index (χ1n) is 15.2. The summed E-state index contributed by atoms with van der Waals surface area (Å²) in [6.07, 6.45) is 9.32. The van der Waals surface area contributed by atoms with E-state index in [1.54, 1.807) is 0 Å². The Hall–Kier alpha value is -0.980. The minimum absolute atomic E-state index is 0.114. The van der Waals surface area contributed by atoms with Gasteiger partial charge in [-0.2, -0.15) is 0 Å². The monoisotopic (exact) mass is 518 g/mol. The van der Waals surface area contributed by atoms with E-state index in [-0.39, 0.29) is 29.6 Å². The highest BCUT2D eigenvalue weighted by Crippen LogP contribution is 2.69. The molecule has 0 radical (unpaired) electrons. The van der Waals surface area contributed by atoms with Crippen molar-refractivity contribution < 1.29 is 29.3 Å². The topological polar surface area (TPSA) is 93.1 Å². The summed E-state index contributed by atoms with van der Waals surface area (Å²) in [7, 11) is 0. The molecule has 2 saturated heterocycles. The van der Waals surface area contributed by atoms with Crippen LogP contribution >= 0.6 is 0 Å².